The lowest BCUT2D eigenvalue weighted by molar-refractivity contribution is -0.0222. The number of likely N-dealkylation sites (N-methyl/N-ethyl adjacent to an activating group) is 1. The number of carbonyl (C=O) groups excluding carboxylic acids is 1. The van der Waals surface area contributed by atoms with E-state index in [9.17, 15) is 10.1 Å². The van der Waals surface area contributed by atoms with Crippen molar-refractivity contribution < 1.29 is 23.5 Å². The number of ether oxygens (including phenoxy) is 3. The third-order valence-corrected chi connectivity index (χ3v) is 9.91. The summed E-state index contributed by atoms with van der Waals surface area (Å²) < 4.78 is 24.1. The lowest BCUT2D eigenvalue weighted by Gasteiger charge is -2.39. The molecule has 2 fully saturated rings. The summed E-state index contributed by atoms with van der Waals surface area (Å²) in [7, 11) is 5.91. The Kier molecular flexibility index (Phi) is 9.62. The average Bonchev–Trinajstić information content (AvgIpc) is 3.74. The van der Waals surface area contributed by atoms with Gasteiger partial charge in [0.1, 0.15) is 40.3 Å². The minimum absolute atomic E-state index is 0.103. The number of aromatic nitrogens is 3. The molecule has 2 aliphatic heterocycles. The molecule has 0 bridgehead atoms. The van der Waals surface area contributed by atoms with E-state index in [2.05, 4.69) is 35.1 Å². The van der Waals surface area contributed by atoms with Crippen LogP contribution in [-0.4, -0.2) is 107 Å². The quantitative estimate of drug-likeness (QED) is 0.206. The normalized spacial score (nSPS) is 20.7. The highest BCUT2D eigenvalue weighted by atomic mass is 32.1. The molecule has 0 spiro atoms. The summed E-state index contributed by atoms with van der Waals surface area (Å²) in [6.07, 6.45) is 5.81. The van der Waals surface area contributed by atoms with Crippen LogP contribution < -0.4 is 9.47 Å². The Morgan fingerprint density at radius 3 is 2.71 bits per heavy atom. The third-order valence-electron chi connectivity index (χ3n) is 8.74. The number of aliphatic imine (C=N–C) groups is 1. The zero-order valence-electron chi connectivity index (χ0n) is 28.7. The molecule has 6 rings (SSSR count). The summed E-state index contributed by atoms with van der Waals surface area (Å²) in [6.45, 7) is 9.45. The van der Waals surface area contributed by atoms with Gasteiger partial charge in [0.2, 0.25) is 17.6 Å². The number of pyridine rings is 1. The van der Waals surface area contributed by atoms with E-state index in [1.807, 2.05) is 39.8 Å². The first kappa shape index (κ1) is 33.7. The number of hydrogen-bond acceptors (Lipinski definition) is 12. The highest BCUT2D eigenvalue weighted by Crippen LogP contribution is 2.46. The van der Waals surface area contributed by atoms with E-state index < -0.39 is 5.60 Å². The Bertz CT molecular complexity index is 1700. The van der Waals surface area contributed by atoms with Gasteiger partial charge in [-0.3, -0.25) is 4.90 Å². The number of amides is 1. The van der Waals surface area contributed by atoms with Gasteiger partial charge in [0.05, 0.1) is 30.9 Å². The Morgan fingerprint density at radius 2 is 2.02 bits per heavy atom. The topological polar surface area (TPSA) is 142 Å². The fourth-order valence-electron chi connectivity index (χ4n) is 6.44. The number of nitriles is 1. The summed E-state index contributed by atoms with van der Waals surface area (Å²) >= 11 is 1.55. The smallest absolute Gasteiger partial charge is 0.410 e. The zero-order valence-corrected chi connectivity index (χ0v) is 29.5. The summed E-state index contributed by atoms with van der Waals surface area (Å²) in [6, 6.07) is 6.21. The average molecular weight is 677 g/mol. The highest BCUT2D eigenvalue weighted by molar-refractivity contribution is 7.16. The van der Waals surface area contributed by atoms with Gasteiger partial charge in [-0.2, -0.15) is 10.2 Å². The largest absolute Gasteiger partial charge is 0.486 e. The summed E-state index contributed by atoms with van der Waals surface area (Å²) in [4.78, 5) is 33.6. The van der Waals surface area contributed by atoms with E-state index in [1.165, 1.54) is 0 Å². The summed E-state index contributed by atoms with van der Waals surface area (Å²) in [5.41, 5.74) is 1.38. The molecule has 1 aliphatic carbocycles. The lowest BCUT2D eigenvalue weighted by Crippen LogP contribution is -2.57. The molecule has 3 aromatic heterocycles. The second-order valence-electron chi connectivity index (χ2n) is 14.0. The standard InChI is InChI=1S/C34H44N8O5S/c1-20(26-11-9-13-41(26)7)44-28-15-21(45-22-17-42(18-22)33(43)46-34(2,3)4)14-25(37-28)30-38-31(47-39-30)23-10-8-12-27-29(23)24(16-35)32(48-27)36-19-40(5)6/h14-15,19-20,22-23,26H,8-13,17-18H2,1-7H3/b36-19+/t20-,23-,26-/m0/s1. The van der Waals surface area contributed by atoms with Crippen molar-refractivity contribution >= 4 is 28.8 Å². The maximum absolute atomic E-state index is 12.5. The predicted octanol–water partition coefficient (Wildman–Crippen LogP) is 5.61. The van der Waals surface area contributed by atoms with E-state index in [4.69, 9.17) is 28.7 Å². The first-order valence-corrected chi connectivity index (χ1v) is 17.3. The van der Waals surface area contributed by atoms with Gasteiger partial charge in [-0.15, -0.1) is 11.3 Å². The Hall–Kier alpha value is -4.22. The zero-order chi connectivity index (χ0) is 34.2. The van der Waals surface area contributed by atoms with E-state index >= 15 is 0 Å². The monoisotopic (exact) mass is 676 g/mol. The fourth-order valence-corrected chi connectivity index (χ4v) is 7.63. The molecule has 3 aliphatic rings. The van der Waals surface area contributed by atoms with Crippen molar-refractivity contribution in [2.24, 2.45) is 4.99 Å². The minimum Gasteiger partial charge on any atom is -0.486 e. The predicted molar refractivity (Wildman–Crippen MR) is 181 cm³/mol. The van der Waals surface area contributed by atoms with E-state index in [0.29, 0.717) is 52.7 Å². The van der Waals surface area contributed by atoms with E-state index in [-0.39, 0.29) is 30.3 Å². The van der Waals surface area contributed by atoms with Crippen molar-refractivity contribution in [3.8, 4) is 29.2 Å². The molecule has 14 heteroatoms. The van der Waals surface area contributed by atoms with Crippen LogP contribution in [0.25, 0.3) is 11.5 Å². The van der Waals surface area contributed by atoms with Crippen LogP contribution >= 0.6 is 11.3 Å². The molecule has 5 heterocycles. The number of thiophene rings is 1. The second kappa shape index (κ2) is 13.7. The van der Waals surface area contributed by atoms with Gasteiger partial charge in [-0.05, 0) is 79.0 Å². The molecule has 13 nitrogen and oxygen atoms in total. The summed E-state index contributed by atoms with van der Waals surface area (Å²) in [5, 5.41) is 15.2. The maximum atomic E-state index is 12.5. The van der Waals surface area contributed by atoms with Crippen molar-refractivity contribution in [3.05, 3.63) is 34.0 Å². The van der Waals surface area contributed by atoms with Crippen molar-refractivity contribution in [1.82, 2.24) is 29.8 Å². The number of nitrogens with zero attached hydrogens (tertiary/aromatic N) is 8. The highest BCUT2D eigenvalue weighted by Gasteiger charge is 2.36. The van der Waals surface area contributed by atoms with Gasteiger partial charge in [0.15, 0.2) is 0 Å². The molecule has 0 unspecified atom stereocenters. The minimum atomic E-state index is -0.566. The Labute approximate surface area is 285 Å². The number of aryl methyl sites for hydroxylation is 1. The molecule has 2 saturated heterocycles. The van der Waals surface area contributed by atoms with E-state index in [0.717, 1.165) is 49.1 Å². The number of hydrogen-bond donors (Lipinski definition) is 0. The van der Waals surface area contributed by atoms with Gasteiger partial charge in [0, 0.05) is 37.1 Å². The van der Waals surface area contributed by atoms with Crippen LogP contribution in [0.4, 0.5) is 9.80 Å². The van der Waals surface area contributed by atoms with Gasteiger partial charge in [-0.1, -0.05) is 5.16 Å². The van der Waals surface area contributed by atoms with E-state index in [1.54, 1.807) is 34.7 Å². The van der Waals surface area contributed by atoms with Crippen LogP contribution in [0.1, 0.15) is 81.2 Å². The lowest BCUT2D eigenvalue weighted by atomic mass is 9.85. The van der Waals surface area contributed by atoms with Crippen molar-refractivity contribution in [3.63, 3.8) is 0 Å². The molecular weight excluding hydrogens is 632 g/mol. The van der Waals surface area contributed by atoms with Gasteiger partial charge in [-0.25, -0.2) is 14.8 Å². The van der Waals surface area contributed by atoms with Crippen LogP contribution in [0, 0.1) is 11.3 Å². The van der Waals surface area contributed by atoms with Crippen molar-refractivity contribution in [1.29, 1.82) is 5.26 Å². The van der Waals surface area contributed by atoms with Gasteiger partial charge < -0.3 is 28.5 Å². The molecule has 0 N–H and O–H groups in total. The van der Waals surface area contributed by atoms with Crippen LogP contribution in [0.3, 0.4) is 0 Å². The Balaban J connectivity index is 1.26. The maximum Gasteiger partial charge on any atom is 0.410 e. The molecule has 48 heavy (non-hydrogen) atoms. The van der Waals surface area contributed by atoms with Crippen LogP contribution in [-0.2, 0) is 11.2 Å². The molecule has 3 aromatic rings. The Morgan fingerprint density at radius 1 is 1.23 bits per heavy atom. The van der Waals surface area contributed by atoms with Gasteiger partial charge >= 0.3 is 6.09 Å². The third kappa shape index (κ3) is 7.42. The van der Waals surface area contributed by atoms with Crippen LogP contribution in [0.5, 0.6) is 11.6 Å². The van der Waals surface area contributed by atoms with Crippen molar-refractivity contribution in [2.75, 3.05) is 40.8 Å². The number of fused-ring (bicyclic) bond motifs is 1. The first-order chi connectivity index (χ1) is 22.9. The number of likely N-dealkylation sites (tertiary alicyclic amines) is 2. The second-order valence-corrected chi connectivity index (χ2v) is 15.1. The van der Waals surface area contributed by atoms with Crippen molar-refractivity contribution in [2.45, 2.75) is 89.6 Å². The fraction of sp³-hybridized carbons (Fsp3) is 0.588. The first-order valence-electron chi connectivity index (χ1n) is 16.5. The SMILES string of the molecule is C[C@H](Oc1cc(OC2CN(C(=O)OC(C)(C)C)C2)cc(-c2noc([C@H]3CCCc4sc(/N=C/N(C)C)c(C#N)c43)n2)n1)[C@@H]1CCCN1C. The molecule has 0 aromatic carbocycles. The van der Waals surface area contributed by atoms with Gasteiger partial charge in [0.25, 0.3) is 0 Å². The molecule has 3 atom stereocenters. The molecule has 0 radical (unpaired) electrons. The molecule has 0 saturated carbocycles. The van der Waals surface area contributed by atoms with Crippen LogP contribution in [0.15, 0.2) is 21.6 Å². The van der Waals surface area contributed by atoms with Crippen LogP contribution in [0.2, 0.25) is 0 Å². The molecule has 1 amide bonds. The molecule has 256 valence electrons. The number of rotatable bonds is 9. The number of carbonyl (C=O) groups is 1. The summed E-state index contributed by atoms with van der Waals surface area (Å²) in [5.74, 6) is 1.47. The molecular formula is C34H44N8O5S.